The second-order valence-electron chi connectivity index (χ2n) is 6.64. The molecule has 1 N–H and O–H groups in total. The number of alkyl halides is 3. The molecule has 0 saturated carbocycles. The minimum absolute atomic E-state index is 0.0388. The highest BCUT2D eigenvalue weighted by Crippen LogP contribution is 2.36. The number of hydrogen-bond donors (Lipinski definition) is 1. The first-order chi connectivity index (χ1) is 14.6. The number of carbonyl (C=O) groups excluding carboxylic acids is 3. The van der Waals surface area contributed by atoms with Gasteiger partial charge >= 0.3 is 6.18 Å². The summed E-state index contributed by atoms with van der Waals surface area (Å²) in [5.74, 6) is -0.317. The van der Waals surface area contributed by atoms with Crippen molar-refractivity contribution < 1.29 is 32.0 Å². The van der Waals surface area contributed by atoms with E-state index in [4.69, 9.17) is 16.0 Å². The number of rotatable bonds is 7. The van der Waals surface area contributed by atoms with Gasteiger partial charge in [0.1, 0.15) is 18.8 Å². The molecular formula is C19H17ClF3N3O4S. The molecule has 7 nitrogen and oxygen atoms in total. The lowest BCUT2D eigenvalue weighted by Crippen LogP contribution is -2.43. The van der Waals surface area contributed by atoms with Crippen LogP contribution in [0.15, 0.2) is 41.0 Å². The lowest BCUT2D eigenvalue weighted by Gasteiger charge is -2.24. The van der Waals surface area contributed by atoms with Crippen LogP contribution in [0.25, 0.3) is 0 Å². The maximum Gasteiger partial charge on any atom is 0.417 e. The van der Waals surface area contributed by atoms with E-state index in [2.05, 4.69) is 5.32 Å². The summed E-state index contributed by atoms with van der Waals surface area (Å²) in [6.45, 7) is -0.694. The standard InChI is InChI=1S/C19H17ClF3N3O4S/c20-15-4-3-12(6-14(15)19(21,22)23)24-16(27)8-25(7-13-2-1-5-30-13)17(28)9-26-11-31-10-18(26)29/h1-6H,7-11H2,(H,24,27). The third-order valence-electron chi connectivity index (χ3n) is 4.32. The molecule has 0 unspecified atom stereocenters. The Bertz CT molecular complexity index is 969. The molecule has 0 bridgehead atoms. The number of nitrogens with one attached hydrogen (secondary N) is 1. The zero-order valence-electron chi connectivity index (χ0n) is 15.9. The Morgan fingerprint density at radius 2 is 2.06 bits per heavy atom. The van der Waals surface area contributed by atoms with Gasteiger partial charge in [-0.3, -0.25) is 14.4 Å². The predicted octanol–water partition coefficient (Wildman–Crippen LogP) is 3.45. The molecule has 1 saturated heterocycles. The van der Waals surface area contributed by atoms with Crippen molar-refractivity contribution in [1.29, 1.82) is 0 Å². The second-order valence-corrected chi connectivity index (χ2v) is 8.00. The average molecular weight is 476 g/mol. The topological polar surface area (TPSA) is 82.9 Å². The van der Waals surface area contributed by atoms with Crippen molar-refractivity contribution in [2.75, 3.05) is 30.0 Å². The number of amides is 3. The van der Waals surface area contributed by atoms with E-state index in [0.717, 1.165) is 12.1 Å². The molecule has 1 aromatic heterocycles. The fourth-order valence-electron chi connectivity index (χ4n) is 2.82. The van der Waals surface area contributed by atoms with Gasteiger partial charge in [0.25, 0.3) is 0 Å². The molecule has 3 amide bonds. The molecule has 2 heterocycles. The summed E-state index contributed by atoms with van der Waals surface area (Å²) in [4.78, 5) is 39.5. The van der Waals surface area contributed by atoms with Crippen molar-refractivity contribution in [3.8, 4) is 0 Å². The SMILES string of the molecule is O=C(CN(Cc1ccco1)C(=O)CN1CSCC1=O)Nc1ccc(Cl)c(C(F)(F)F)c1. The molecule has 2 aromatic rings. The highest BCUT2D eigenvalue weighted by atomic mass is 35.5. The Morgan fingerprint density at radius 1 is 1.29 bits per heavy atom. The van der Waals surface area contributed by atoms with E-state index in [1.165, 1.54) is 33.9 Å². The average Bonchev–Trinajstić information content (AvgIpc) is 3.34. The van der Waals surface area contributed by atoms with E-state index in [1.807, 2.05) is 0 Å². The Kier molecular flexibility index (Phi) is 7.16. The first-order valence-corrected chi connectivity index (χ1v) is 10.5. The van der Waals surface area contributed by atoms with Crippen LogP contribution in [0.4, 0.5) is 18.9 Å². The molecule has 0 spiro atoms. The molecule has 3 rings (SSSR count). The van der Waals surface area contributed by atoms with Crippen LogP contribution in [0.3, 0.4) is 0 Å². The molecule has 1 fully saturated rings. The molecule has 0 atom stereocenters. The third-order valence-corrected chi connectivity index (χ3v) is 5.60. The van der Waals surface area contributed by atoms with Crippen LogP contribution in [0.5, 0.6) is 0 Å². The third kappa shape index (κ3) is 6.17. The van der Waals surface area contributed by atoms with Crippen molar-refractivity contribution in [2.24, 2.45) is 0 Å². The summed E-state index contributed by atoms with van der Waals surface area (Å²) in [7, 11) is 0. The van der Waals surface area contributed by atoms with Crippen LogP contribution in [0.1, 0.15) is 11.3 Å². The van der Waals surface area contributed by atoms with Gasteiger partial charge in [-0.05, 0) is 30.3 Å². The van der Waals surface area contributed by atoms with Crippen molar-refractivity contribution in [1.82, 2.24) is 9.80 Å². The summed E-state index contributed by atoms with van der Waals surface area (Å²) in [6, 6.07) is 6.21. The highest BCUT2D eigenvalue weighted by molar-refractivity contribution is 8.00. The zero-order chi connectivity index (χ0) is 22.6. The summed E-state index contributed by atoms with van der Waals surface area (Å²) in [5.41, 5.74) is -1.20. The fraction of sp³-hybridized carbons (Fsp3) is 0.316. The van der Waals surface area contributed by atoms with Gasteiger partial charge in [0.15, 0.2) is 0 Å². The lowest BCUT2D eigenvalue weighted by atomic mass is 10.2. The van der Waals surface area contributed by atoms with E-state index in [-0.39, 0.29) is 30.4 Å². The zero-order valence-corrected chi connectivity index (χ0v) is 17.5. The van der Waals surface area contributed by atoms with Crippen LogP contribution in [-0.2, 0) is 27.1 Å². The summed E-state index contributed by atoms with van der Waals surface area (Å²) >= 11 is 6.96. The monoisotopic (exact) mass is 475 g/mol. The Balaban J connectivity index is 1.70. The van der Waals surface area contributed by atoms with Crippen molar-refractivity contribution >= 4 is 46.8 Å². The van der Waals surface area contributed by atoms with Crippen molar-refractivity contribution in [2.45, 2.75) is 12.7 Å². The van der Waals surface area contributed by atoms with Crippen molar-refractivity contribution in [3.63, 3.8) is 0 Å². The molecule has 166 valence electrons. The number of hydrogen-bond acceptors (Lipinski definition) is 5. The summed E-state index contributed by atoms with van der Waals surface area (Å²) in [6.07, 6.45) is -3.27. The van der Waals surface area contributed by atoms with Gasteiger partial charge in [-0.2, -0.15) is 13.2 Å². The normalized spacial score (nSPS) is 14.1. The van der Waals surface area contributed by atoms with Crippen LogP contribution < -0.4 is 5.32 Å². The number of benzene rings is 1. The summed E-state index contributed by atoms with van der Waals surface area (Å²) < 4.78 is 44.3. The molecule has 12 heteroatoms. The van der Waals surface area contributed by atoms with Gasteiger partial charge in [0.05, 0.1) is 35.0 Å². The number of nitrogens with zero attached hydrogens (tertiary/aromatic N) is 2. The Labute approximate surface area is 184 Å². The maximum absolute atomic E-state index is 13.0. The molecular weight excluding hydrogens is 459 g/mol. The predicted molar refractivity (Wildman–Crippen MR) is 108 cm³/mol. The summed E-state index contributed by atoms with van der Waals surface area (Å²) in [5, 5.41) is 1.85. The van der Waals surface area contributed by atoms with Crippen LogP contribution in [0.2, 0.25) is 5.02 Å². The molecule has 1 aliphatic rings. The van der Waals surface area contributed by atoms with Gasteiger partial charge in [0.2, 0.25) is 17.7 Å². The lowest BCUT2D eigenvalue weighted by molar-refractivity contribution is -0.140. The van der Waals surface area contributed by atoms with E-state index < -0.39 is 35.1 Å². The van der Waals surface area contributed by atoms with Crippen molar-refractivity contribution in [3.05, 3.63) is 52.9 Å². The molecule has 31 heavy (non-hydrogen) atoms. The maximum atomic E-state index is 13.0. The first kappa shape index (κ1) is 23.0. The Morgan fingerprint density at radius 3 is 2.68 bits per heavy atom. The van der Waals surface area contributed by atoms with Crippen LogP contribution in [0, 0.1) is 0 Å². The number of anilines is 1. The van der Waals surface area contributed by atoms with Gasteiger partial charge in [-0.15, -0.1) is 11.8 Å². The van der Waals surface area contributed by atoms with Crippen LogP contribution in [-0.4, -0.2) is 52.2 Å². The largest absolute Gasteiger partial charge is 0.467 e. The number of carbonyl (C=O) groups is 3. The van der Waals surface area contributed by atoms with E-state index in [0.29, 0.717) is 11.6 Å². The molecule has 0 aliphatic carbocycles. The minimum atomic E-state index is -4.68. The quantitative estimate of drug-likeness (QED) is 0.663. The highest BCUT2D eigenvalue weighted by Gasteiger charge is 2.33. The van der Waals surface area contributed by atoms with Gasteiger partial charge in [0, 0.05) is 5.69 Å². The number of furan rings is 1. The number of thioether (sulfide) groups is 1. The number of halogens is 4. The minimum Gasteiger partial charge on any atom is -0.467 e. The Hall–Kier alpha value is -2.66. The van der Waals surface area contributed by atoms with Crippen LogP contribution >= 0.6 is 23.4 Å². The molecule has 0 radical (unpaired) electrons. The van der Waals surface area contributed by atoms with Gasteiger partial charge < -0.3 is 19.5 Å². The van der Waals surface area contributed by atoms with Gasteiger partial charge in [-0.25, -0.2) is 0 Å². The van der Waals surface area contributed by atoms with E-state index in [9.17, 15) is 27.6 Å². The smallest absolute Gasteiger partial charge is 0.417 e. The van der Waals surface area contributed by atoms with E-state index >= 15 is 0 Å². The second kappa shape index (κ2) is 9.65. The first-order valence-electron chi connectivity index (χ1n) is 8.96. The van der Waals surface area contributed by atoms with Gasteiger partial charge in [-0.1, -0.05) is 11.6 Å². The molecule has 1 aliphatic heterocycles. The van der Waals surface area contributed by atoms with E-state index in [1.54, 1.807) is 12.1 Å². The fourth-order valence-corrected chi connectivity index (χ4v) is 3.95. The molecule has 1 aromatic carbocycles.